The molecular formula is C22H19N7OS. The van der Waals surface area contributed by atoms with Crippen LogP contribution in [0.4, 0.5) is 5.69 Å². The quantitative estimate of drug-likeness (QED) is 0.414. The van der Waals surface area contributed by atoms with Gasteiger partial charge in [0.25, 0.3) is 0 Å². The molecule has 8 nitrogen and oxygen atoms in total. The Hall–Kier alpha value is -3.72. The number of fused-ring (bicyclic) bond motifs is 3. The first-order valence-electron chi connectivity index (χ1n) is 9.87. The molecule has 1 amide bonds. The predicted octanol–water partition coefficient (Wildman–Crippen LogP) is 3.76. The van der Waals surface area contributed by atoms with E-state index >= 15 is 0 Å². The number of carbonyl (C=O) groups is 1. The number of benzene rings is 2. The average molecular weight is 430 g/mol. The molecule has 31 heavy (non-hydrogen) atoms. The molecule has 3 aromatic heterocycles. The lowest BCUT2D eigenvalue weighted by Crippen LogP contribution is -2.14. The fourth-order valence-corrected chi connectivity index (χ4v) is 4.01. The van der Waals surface area contributed by atoms with Crippen molar-refractivity contribution in [2.75, 3.05) is 11.1 Å². The summed E-state index contributed by atoms with van der Waals surface area (Å²) >= 11 is 1.31. The monoisotopic (exact) mass is 429 g/mol. The fraction of sp³-hybridized carbons (Fsp3) is 0.136. The number of nitrogens with one attached hydrogen (secondary N) is 1. The zero-order valence-electron chi connectivity index (χ0n) is 16.8. The topological polar surface area (TPSA) is 90.0 Å². The zero-order valence-corrected chi connectivity index (χ0v) is 17.6. The molecule has 0 saturated heterocycles. The summed E-state index contributed by atoms with van der Waals surface area (Å²) in [6, 6.07) is 17.7. The second kappa shape index (κ2) is 8.19. The number of hydrogen-bond donors (Lipinski definition) is 1. The number of carbonyl (C=O) groups excluding carboxylic acids is 1. The predicted molar refractivity (Wildman–Crippen MR) is 121 cm³/mol. The third-order valence-electron chi connectivity index (χ3n) is 4.92. The van der Waals surface area contributed by atoms with Gasteiger partial charge in [0.1, 0.15) is 6.33 Å². The van der Waals surface area contributed by atoms with Crippen molar-refractivity contribution in [3.63, 3.8) is 0 Å². The van der Waals surface area contributed by atoms with Crippen LogP contribution in [0.25, 0.3) is 22.4 Å². The highest BCUT2D eigenvalue weighted by Crippen LogP contribution is 2.23. The minimum absolute atomic E-state index is 0.100. The Balaban J connectivity index is 1.34. The van der Waals surface area contributed by atoms with E-state index in [4.69, 9.17) is 0 Å². The molecule has 0 spiro atoms. The molecule has 0 aliphatic rings. The summed E-state index contributed by atoms with van der Waals surface area (Å²) in [6.45, 7) is 2.10. The molecule has 3 heterocycles. The number of para-hydroxylation sites is 1. The van der Waals surface area contributed by atoms with Gasteiger partial charge >= 0.3 is 0 Å². The number of thioether (sulfide) groups is 1. The minimum Gasteiger partial charge on any atom is -0.325 e. The third-order valence-corrected chi connectivity index (χ3v) is 5.87. The average Bonchev–Trinajstić information content (AvgIpc) is 3.43. The number of rotatable bonds is 6. The van der Waals surface area contributed by atoms with Gasteiger partial charge in [-0.05, 0) is 36.2 Å². The van der Waals surface area contributed by atoms with Crippen molar-refractivity contribution in [3.8, 4) is 5.69 Å². The Morgan fingerprint density at radius 2 is 1.84 bits per heavy atom. The van der Waals surface area contributed by atoms with Gasteiger partial charge in [-0.25, -0.2) is 9.67 Å². The van der Waals surface area contributed by atoms with Gasteiger partial charge in [0.05, 0.1) is 23.0 Å². The van der Waals surface area contributed by atoms with Crippen molar-refractivity contribution in [3.05, 3.63) is 72.7 Å². The molecule has 1 N–H and O–H groups in total. The number of aromatic nitrogens is 6. The Morgan fingerprint density at radius 1 is 1.03 bits per heavy atom. The molecule has 5 rings (SSSR count). The van der Waals surface area contributed by atoms with Crippen LogP contribution >= 0.6 is 11.8 Å². The molecule has 0 radical (unpaired) electrons. The van der Waals surface area contributed by atoms with Gasteiger partial charge in [-0.2, -0.15) is 5.10 Å². The van der Waals surface area contributed by atoms with Gasteiger partial charge in [-0.3, -0.25) is 9.20 Å². The number of amides is 1. The largest absolute Gasteiger partial charge is 0.325 e. The molecular weight excluding hydrogens is 410 g/mol. The third kappa shape index (κ3) is 3.75. The molecule has 5 aromatic rings. The summed E-state index contributed by atoms with van der Waals surface area (Å²) < 4.78 is 3.56. The van der Waals surface area contributed by atoms with E-state index in [2.05, 4.69) is 32.5 Å². The van der Waals surface area contributed by atoms with E-state index < -0.39 is 0 Å². The maximum atomic E-state index is 12.4. The number of nitrogens with zero attached hydrogens (tertiary/aromatic N) is 6. The molecule has 0 aliphatic carbocycles. The van der Waals surface area contributed by atoms with Gasteiger partial charge in [0, 0.05) is 5.69 Å². The molecule has 0 saturated carbocycles. The van der Waals surface area contributed by atoms with Crippen LogP contribution in [0.3, 0.4) is 0 Å². The lowest BCUT2D eigenvalue weighted by Gasteiger charge is -2.05. The number of anilines is 1. The molecule has 0 unspecified atom stereocenters. The van der Waals surface area contributed by atoms with Gasteiger partial charge in [0.2, 0.25) is 5.91 Å². The molecule has 0 atom stereocenters. The SMILES string of the molecule is CCc1ccc(NC(=O)CSc2nnc3c4cnn(-c5ccccc5)c4ncn23)cc1. The van der Waals surface area contributed by atoms with Crippen molar-refractivity contribution >= 4 is 40.0 Å². The zero-order chi connectivity index (χ0) is 21.2. The van der Waals surface area contributed by atoms with E-state index in [-0.39, 0.29) is 11.7 Å². The highest BCUT2D eigenvalue weighted by Gasteiger charge is 2.15. The van der Waals surface area contributed by atoms with Gasteiger partial charge in [0.15, 0.2) is 16.5 Å². The molecule has 154 valence electrons. The van der Waals surface area contributed by atoms with Crippen molar-refractivity contribution < 1.29 is 4.79 Å². The normalized spacial score (nSPS) is 11.3. The summed E-state index contributed by atoms with van der Waals surface area (Å²) in [5.74, 6) is 0.120. The highest BCUT2D eigenvalue weighted by molar-refractivity contribution is 7.99. The molecule has 0 aliphatic heterocycles. The number of aryl methyl sites for hydroxylation is 1. The Bertz CT molecular complexity index is 1360. The van der Waals surface area contributed by atoms with E-state index in [1.807, 2.05) is 54.6 Å². The minimum atomic E-state index is -0.100. The van der Waals surface area contributed by atoms with Crippen LogP contribution in [0, 0.1) is 0 Å². The van der Waals surface area contributed by atoms with Crippen LogP contribution in [0.5, 0.6) is 0 Å². The summed E-state index contributed by atoms with van der Waals surface area (Å²) in [4.78, 5) is 16.9. The van der Waals surface area contributed by atoms with E-state index in [0.717, 1.165) is 23.2 Å². The van der Waals surface area contributed by atoms with Crippen LogP contribution in [0.1, 0.15) is 12.5 Å². The Kier molecular flexibility index (Phi) is 5.09. The van der Waals surface area contributed by atoms with Gasteiger partial charge < -0.3 is 5.32 Å². The Morgan fingerprint density at radius 3 is 2.61 bits per heavy atom. The molecule has 0 bridgehead atoms. The molecule has 0 fully saturated rings. The first-order chi connectivity index (χ1) is 15.2. The lowest BCUT2D eigenvalue weighted by molar-refractivity contribution is -0.113. The maximum Gasteiger partial charge on any atom is 0.234 e. The fourth-order valence-electron chi connectivity index (χ4n) is 3.31. The standard InChI is InChI=1S/C22H19N7OS/c1-2-15-8-10-16(11-9-15)25-19(30)13-31-22-27-26-21-18-12-24-29(17-6-4-3-5-7-17)20(18)23-14-28(21)22/h3-12,14H,2,13H2,1H3,(H,25,30). The Labute approximate surface area is 182 Å². The maximum absolute atomic E-state index is 12.4. The first kappa shape index (κ1) is 19.3. The van der Waals surface area contributed by atoms with Crippen molar-refractivity contribution in [2.24, 2.45) is 0 Å². The van der Waals surface area contributed by atoms with Crippen LogP contribution < -0.4 is 5.32 Å². The van der Waals surface area contributed by atoms with Crippen LogP contribution in [0.2, 0.25) is 0 Å². The van der Waals surface area contributed by atoms with Crippen molar-refractivity contribution in [2.45, 2.75) is 18.5 Å². The van der Waals surface area contributed by atoms with E-state index in [1.165, 1.54) is 17.3 Å². The van der Waals surface area contributed by atoms with E-state index in [0.29, 0.717) is 16.5 Å². The number of hydrogen-bond acceptors (Lipinski definition) is 6. The summed E-state index contributed by atoms with van der Waals surface area (Å²) in [7, 11) is 0. The van der Waals surface area contributed by atoms with Crippen molar-refractivity contribution in [1.82, 2.24) is 29.4 Å². The van der Waals surface area contributed by atoms with E-state index in [9.17, 15) is 4.79 Å². The molecule has 9 heteroatoms. The second-order valence-electron chi connectivity index (χ2n) is 6.94. The summed E-state index contributed by atoms with van der Waals surface area (Å²) in [6.07, 6.45) is 4.37. The smallest absolute Gasteiger partial charge is 0.234 e. The van der Waals surface area contributed by atoms with Crippen LogP contribution in [-0.2, 0) is 11.2 Å². The van der Waals surface area contributed by atoms with Crippen molar-refractivity contribution in [1.29, 1.82) is 0 Å². The van der Waals surface area contributed by atoms with Gasteiger partial charge in [-0.1, -0.05) is 49.0 Å². The summed E-state index contributed by atoms with van der Waals surface area (Å²) in [5, 5.41) is 17.3. The summed E-state index contributed by atoms with van der Waals surface area (Å²) in [5.41, 5.74) is 4.30. The van der Waals surface area contributed by atoms with E-state index in [1.54, 1.807) is 21.6 Å². The van der Waals surface area contributed by atoms with Crippen LogP contribution in [-0.4, -0.2) is 41.0 Å². The first-order valence-corrected chi connectivity index (χ1v) is 10.9. The van der Waals surface area contributed by atoms with Gasteiger partial charge in [-0.15, -0.1) is 10.2 Å². The van der Waals surface area contributed by atoms with Crippen LogP contribution in [0.15, 0.2) is 72.3 Å². The lowest BCUT2D eigenvalue weighted by atomic mass is 10.1. The second-order valence-corrected chi connectivity index (χ2v) is 7.88. The highest BCUT2D eigenvalue weighted by atomic mass is 32.2. The molecule has 2 aromatic carbocycles.